The van der Waals surface area contributed by atoms with E-state index in [0.717, 1.165) is 14.2 Å². The highest BCUT2D eigenvalue weighted by atomic mass is 79.9. The smallest absolute Gasteiger partial charge is 0.121 e. The molecule has 0 saturated heterocycles. The van der Waals surface area contributed by atoms with E-state index in [9.17, 15) is 0 Å². The van der Waals surface area contributed by atoms with E-state index in [1.54, 1.807) is 30.6 Å². The average Bonchev–Trinajstić information content (AvgIpc) is 2.63. The van der Waals surface area contributed by atoms with Crippen LogP contribution in [0.5, 0.6) is 5.75 Å². The van der Waals surface area contributed by atoms with Crippen LogP contribution in [0.25, 0.3) is 10.4 Å². The van der Waals surface area contributed by atoms with E-state index < -0.39 is 0 Å². The van der Waals surface area contributed by atoms with Crippen molar-refractivity contribution in [2.45, 2.75) is 0 Å². The molecule has 0 spiro atoms. The van der Waals surface area contributed by atoms with Crippen molar-refractivity contribution in [3.05, 3.63) is 38.1 Å². The first-order chi connectivity index (χ1) is 7.61. The Kier molecular flexibility index (Phi) is 3.80. The molecule has 0 aliphatic carbocycles. The van der Waals surface area contributed by atoms with Gasteiger partial charge in [0.25, 0.3) is 0 Å². The summed E-state index contributed by atoms with van der Waals surface area (Å²) in [6.45, 7) is 0. The van der Waals surface area contributed by atoms with Crippen LogP contribution in [0.1, 0.15) is 0 Å². The molecule has 1 aromatic heterocycles. The maximum Gasteiger partial charge on any atom is 0.121 e. The molecule has 2 rings (SSSR count). The molecule has 1 heterocycles. The summed E-state index contributed by atoms with van der Waals surface area (Å²) in [5, 5.41) is 1.19. The maximum atomic E-state index is 6.18. The SMILES string of the molecule is COc1cc(Cl)c(-c2ccc(Br)s2)c(Cl)c1. The molecule has 0 saturated carbocycles. The van der Waals surface area contributed by atoms with E-state index in [4.69, 9.17) is 27.9 Å². The molecule has 5 heteroatoms. The van der Waals surface area contributed by atoms with Gasteiger partial charge in [-0.25, -0.2) is 0 Å². The molecule has 0 unspecified atom stereocenters. The van der Waals surface area contributed by atoms with Gasteiger partial charge in [0.2, 0.25) is 0 Å². The van der Waals surface area contributed by atoms with Crippen LogP contribution in [0, 0.1) is 0 Å². The van der Waals surface area contributed by atoms with Crippen molar-refractivity contribution < 1.29 is 4.74 Å². The maximum absolute atomic E-state index is 6.18. The van der Waals surface area contributed by atoms with Gasteiger partial charge in [-0.1, -0.05) is 23.2 Å². The summed E-state index contributed by atoms with van der Waals surface area (Å²) in [5.74, 6) is 0.661. The Bertz CT molecular complexity index is 501. The molecule has 0 fully saturated rings. The Hall–Kier alpha value is -0.220. The summed E-state index contributed by atoms with van der Waals surface area (Å²) in [5.41, 5.74) is 0.847. The number of ether oxygens (including phenoxy) is 1. The Morgan fingerprint density at radius 3 is 2.25 bits per heavy atom. The van der Waals surface area contributed by atoms with Gasteiger partial charge in [-0.15, -0.1) is 11.3 Å². The molecule has 84 valence electrons. The minimum atomic E-state index is 0.596. The first-order valence-electron chi connectivity index (χ1n) is 4.40. The molecular weight excluding hydrogens is 331 g/mol. The molecule has 0 aliphatic heterocycles. The molecule has 2 aromatic rings. The van der Waals surface area contributed by atoms with Crippen molar-refractivity contribution >= 4 is 50.5 Å². The first kappa shape index (κ1) is 12.2. The predicted molar refractivity (Wildman–Crippen MR) is 74.0 cm³/mol. The average molecular weight is 338 g/mol. The molecule has 0 N–H and O–H groups in total. The summed E-state index contributed by atoms with van der Waals surface area (Å²) >= 11 is 17.4. The van der Waals surface area contributed by atoms with Gasteiger partial charge in [0.05, 0.1) is 20.9 Å². The highest BCUT2D eigenvalue weighted by Crippen LogP contribution is 2.41. The Balaban J connectivity index is 2.57. The van der Waals surface area contributed by atoms with Gasteiger partial charge in [0.15, 0.2) is 0 Å². The zero-order valence-electron chi connectivity index (χ0n) is 8.26. The van der Waals surface area contributed by atoms with Crippen LogP contribution < -0.4 is 4.74 Å². The summed E-state index contributed by atoms with van der Waals surface area (Å²) < 4.78 is 6.14. The third-order valence-electron chi connectivity index (χ3n) is 2.07. The summed E-state index contributed by atoms with van der Waals surface area (Å²) in [7, 11) is 1.59. The van der Waals surface area contributed by atoms with E-state index in [1.807, 2.05) is 12.1 Å². The van der Waals surface area contributed by atoms with Crippen LogP contribution in [-0.4, -0.2) is 7.11 Å². The van der Waals surface area contributed by atoms with E-state index in [0.29, 0.717) is 15.8 Å². The lowest BCUT2D eigenvalue weighted by molar-refractivity contribution is 0.415. The van der Waals surface area contributed by atoms with Crippen LogP contribution in [0.4, 0.5) is 0 Å². The molecule has 0 bridgehead atoms. The van der Waals surface area contributed by atoms with Gasteiger partial charge < -0.3 is 4.74 Å². The number of rotatable bonds is 2. The lowest BCUT2D eigenvalue weighted by atomic mass is 10.2. The standard InChI is InChI=1S/C11H7BrCl2OS/c1-15-6-4-7(13)11(8(14)5-6)9-2-3-10(12)16-9/h2-5H,1H3. The topological polar surface area (TPSA) is 9.23 Å². The van der Waals surface area contributed by atoms with Gasteiger partial charge in [0.1, 0.15) is 5.75 Å². The fourth-order valence-electron chi connectivity index (χ4n) is 1.35. The van der Waals surface area contributed by atoms with Crippen LogP contribution in [0.2, 0.25) is 10.0 Å². The van der Waals surface area contributed by atoms with Gasteiger partial charge >= 0.3 is 0 Å². The Morgan fingerprint density at radius 2 is 1.81 bits per heavy atom. The largest absolute Gasteiger partial charge is 0.497 e. The molecule has 0 atom stereocenters. The number of benzene rings is 1. The van der Waals surface area contributed by atoms with Crippen molar-refractivity contribution in [1.29, 1.82) is 0 Å². The minimum Gasteiger partial charge on any atom is -0.497 e. The lowest BCUT2D eigenvalue weighted by Crippen LogP contribution is -1.85. The normalized spacial score (nSPS) is 10.5. The lowest BCUT2D eigenvalue weighted by Gasteiger charge is -2.07. The quantitative estimate of drug-likeness (QED) is 0.703. The third kappa shape index (κ3) is 2.38. The Morgan fingerprint density at radius 1 is 1.19 bits per heavy atom. The molecule has 0 aliphatic rings. The van der Waals surface area contributed by atoms with Crippen LogP contribution in [0.3, 0.4) is 0 Å². The van der Waals surface area contributed by atoms with Crippen molar-refractivity contribution in [3.63, 3.8) is 0 Å². The summed E-state index contributed by atoms with van der Waals surface area (Å²) in [4.78, 5) is 1.03. The summed E-state index contributed by atoms with van der Waals surface area (Å²) in [6.07, 6.45) is 0. The number of halogens is 3. The number of hydrogen-bond acceptors (Lipinski definition) is 2. The van der Waals surface area contributed by atoms with Crippen molar-refractivity contribution in [1.82, 2.24) is 0 Å². The predicted octanol–water partition coefficient (Wildman–Crippen LogP) is 5.49. The highest BCUT2D eigenvalue weighted by molar-refractivity contribution is 9.11. The van der Waals surface area contributed by atoms with Crippen molar-refractivity contribution in [2.24, 2.45) is 0 Å². The van der Waals surface area contributed by atoms with Gasteiger partial charge in [-0.3, -0.25) is 0 Å². The fourth-order valence-corrected chi connectivity index (χ4v) is 3.59. The second kappa shape index (κ2) is 4.96. The summed E-state index contributed by atoms with van der Waals surface area (Å²) in [6, 6.07) is 7.47. The molecule has 1 aromatic carbocycles. The van der Waals surface area contributed by atoms with Crippen LogP contribution in [-0.2, 0) is 0 Å². The van der Waals surface area contributed by atoms with Crippen molar-refractivity contribution in [2.75, 3.05) is 7.11 Å². The van der Waals surface area contributed by atoms with Gasteiger partial charge in [-0.05, 0) is 40.2 Å². The van der Waals surface area contributed by atoms with Gasteiger partial charge in [0, 0.05) is 10.4 Å². The number of methoxy groups -OCH3 is 1. The first-order valence-corrected chi connectivity index (χ1v) is 6.77. The van der Waals surface area contributed by atoms with E-state index in [-0.39, 0.29) is 0 Å². The molecule has 16 heavy (non-hydrogen) atoms. The zero-order valence-corrected chi connectivity index (χ0v) is 12.2. The second-order valence-electron chi connectivity index (χ2n) is 3.07. The highest BCUT2D eigenvalue weighted by Gasteiger charge is 2.12. The molecule has 1 nitrogen and oxygen atoms in total. The number of hydrogen-bond donors (Lipinski definition) is 0. The van der Waals surface area contributed by atoms with E-state index >= 15 is 0 Å². The van der Waals surface area contributed by atoms with Crippen LogP contribution >= 0.6 is 50.5 Å². The van der Waals surface area contributed by atoms with E-state index in [2.05, 4.69) is 15.9 Å². The minimum absolute atomic E-state index is 0.596. The third-order valence-corrected chi connectivity index (χ3v) is 4.31. The number of thiophene rings is 1. The Labute approximate surface area is 116 Å². The van der Waals surface area contributed by atoms with Gasteiger partial charge in [-0.2, -0.15) is 0 Å². The fraction of sp³-hybridized carbons (Fsp3) is 0.0909. The van der Waals surface area contributed by atoms with E-state index in [1.165, 1.54) is 0 Å². The molecular formula is C11H7BrCl2OS. The zero-order chi connectivity index (χ0) is 11.7. The second-order valence-corrected chi connectivity index (χ2v) is 6.35. The molecule has 0 amide bonds. The monoisotopic (exact) mass is 336 g/mol. The van der Waals surface area contributed by atoms with Crippen LogP contribution in [0.15, 0.2) is 28.1 Å². The van der Waals surface area contributed by atoms with Crippen molar-refractivity contribution in [3.8, 4) is 16.2 Å². The molecule has 0 radical (unpaired) electrons.